The highest BCUT2D eigenvalue weighted by Crippen LogP contribution is 2.39. The van der Waals surface area contributed by atoms with E-state index in [2.05, 4.69) is 20.4 Å². The SMILES string of the molecule is CC(=O)N[C@H]1[C@H]([C@H](O)[C@H](O)CO)O[C@@](Oc2ccc(-n3cc(CNS(=O)(=O)c4ccc(C#N)cc4)nn3)cc2C(F)F)(C(=O)O)C[C@@H]1O. The summed E-state index contributed by atoms with van der Waals surface area (Å²) in [7, 11) is -4.01. The van der Waals surface area contributed by atoms with Crippen LogP contribution in [0.5, 0.6) is 5.75 Å². The number of nitrogens with one attached hydrogen (secondary N) is 2. The molecule has 0 aliphatic carbocycles. The second kappa shape index (κ2) is 14.7. The second-order valence-electron chi connectivity index (χ2n) is 10.6. The number of sulfonamides is 1. The van der Waals surface area contributed by atoms with E-state index >= 15 is 0 Å². The molecular weight excluding hydrogens is 666 g/mol. The molecule has 0 unspecified atom stereocenters. The van der Waals surface area contributed by atoms with Crippen molar-refractivity contribution in [3.8, 4) is 17.5 Å². The summed E-state index contributed by atoms with van der Waals surface area (Å²) in [6, 6.07) is 8.54. The number of amides is 1. The molecule has 4 rings (SSSR count). The van der Waals surface area contributed by atoms with Gasteiger partial charge in [-0.2, -0.15) is 5.26 Å². The van der Waals surface area contributed by atoms with Crippen molar-refractivity contribution >= 4 is 21.9 Å². The Hall–Kier alpha value is -4.62. The minimum absolute atomic E-state index is 0.0228. The Bertz CT molecular complexity index is 1790. The van der Waals surface area contributed by atoms with Crippen LogP contribution < -0.4 is 14.8 Å². The van der Waals surface area contributed by atoms with Crippen LogP contribution in [0.1, 0.15) is 36.6 Å². The third-order valence-corrected chi connectivity index (χ3v) is 8.65. The number of rotatable bonds is 13. The molecule has 0 saturated carbocycles. The Morgan fingerprint density at radius 1 is 1.23 bits per heavy atom. The van der Waals surface area contributed by atoms with Gasteiger partial charge in [-0.15, -0.1) is 5.10 Å². The quantitative estimate of drug-likeness (QED) is 0.114. The van der Waals surface area contributed by atoms with Gasteiger partial charge in [0.25, 0.3) is 6.43 Å². The molecule has 48 heavy (non-hydrogen) atoms. The zero-order chi connectivity index (χ0) is 35.4. The van der Waals surface area contributed by atoms with Crippen LogP contribution in [0, 0.1) is 11.3 Å². The number of carboxylic acid groups (broad SMARTS) is 1. The van der Waals surface area contributed by atoms with Gasteiger partial charge in [-0.1, -0.05) is 5.21 Å². The molecule has 17 nitrogen and oxygen atoms in total. The first-order valence-electron chi connectivity index (χ1n) is 14.0. The van der Waals surface area contributed by atoms with Crippen LogP contribution in [0.15, 0.2) is 53.6 Å². The molecule has 2 aromatic carbocycles. The molecule has 20 heteroatoms. The number of ether oxygens (including phenoxy) is 2. The lowest BCUT2D eigenvalue weighted by Gasteiger charge is -2.46. The van der Waals surface area contributed by atoms with E-state index in [0.29, 0.717) is 0 Å². The van der Waals surface area contributed by atoms with Crippen LogP contribution >= 0.6 is 0 Å². The molecule has 6 atom stereocenters. The number of aromatic nitrogens is 3. The highest BCUT2D eigenvalue weighted by atomic mass is 32.2. The fourth-order valence-corrected chi connectivity index (χ4v) is 5.82. The number of carbonyl (C=O) groups is 2. The van der Waals surface area contributed by atoms with Gasteiger partial charge in [0.15, 0.2) is 0 Å². The van der Waals surface area contributed by atoms with Gasteiger partial charge in [0.2, 0.25) is 15.9 Å². The number of halogens is 2. The maximum absolute atomic E-state index is 14.3. The van der Waals surface area contributed by atoms with Gasteiger partial charge in [-0.3, -0.25) is 4.79 Å². The molecule has 1 amide bonds. The summed E-state index contributed by atoms with van der Waals surface area (Å²) in [6.45, 7) is -0.309. The van der Waals surface area contributed by atoms with Crippen molar-refractivity contribution in [3.05, 3.63) is 65.5 Å². The lowest BCUT2D eigenvalue weighted by atomic mass is 9.88. The summed E-state index contributed by atoms with van der Waals surface area (Å²) in [5.41, 5.74) is -0.537. The minimum Gasteiger partial charge on any atom is -0.476 e. The average Bonchev–Trinajstić information content (AvgIpc) is 3.53. The van der Waals surface area contributed by atoms with Crippen LogP contribution in [-0.4, -0.2) is 104 Å². The standard InChI is InChI=1S/C28H30F2N6O11S/c1-14(38)33-23-20(39)9-28(27(42)43,47-25(23)24(41)21(40)13-37)46-22-7-4-17(8-19(22)26(29)30)36-12-16(34-35-36)11-32-48(44,45)18-5-2-15(10-31)3-6-18/h2-8,12,20-21,23-26,32,37,39-41H,9,11,13H2,1H3,(H,33,38)(H,42,43)/t20-,21+,23+,24+,25+,28+/m0/s1. The van der Waals surface area contributed by atoms with Crippen molar-refractivity contribution in [3.63, 3.8) is 0 Å². The van der Waals surface area contributed by atoms with Crippen LogP contribution in [0.25, 0.3) is 5.69 Å². The second-order valence-corrected chi connectivity index (χ2v) is 12.4. The summed E-state index contributed by atoms with van der Waals surface area (Å²) in [5.74, 6) is -6.27. The summed E-state index contributed by atoms with van der Waals surface area (Å²) < 4.78 is 68.1. The van der Waals surface area contributed by atoms with Gasteiger partial charge in [0.1, 0.15) is 24.1 Å². The molecule has 1 aliphatic heterocycles. The Morgan fingerprint density at radius 3 is 2.50 bits per heavy atom. The maximum atomic E-state index is 14.3. The highest BCUT2D eigenvalue weighted by Gasteiger charge is 2.57. The Kier molecular flexibility index (Phi) is 11.1. The Balaban J connectivity index is 1.59. The monoisotopic (exact) mass is 696 g/mol. The summed E-state index contributed by atoms with van der Waals surface area (Å²) in [6.07, 6.45) is -10.7. The predicted octanol–water partition coefficient (Wildman–Crippen LogP) is -0.917. The molecule has 2 heterocycles. The number of aliphatic hydroxyl groups is 4. The van der Waals surface area contributed by atoms with Crippen molar-refractivity contribution in [1.82, 2.24) is 25.0 Å². The first-order valence-corrected chi connectivity index (χ1v) is 15.4. The molecule has 1 aromatic heterocycles. The number of nitrogens with zero attached hydrogens (tertiary/aromatic N) is 4. The number of carbonyl (C=O) groups excluding carboxylic acids is 1. The van der Waals surface area contributed by atoms with E-state index in [-0.39, 0.29) is 28.4 Å². The van der Waals surface area contributed by atoms with Gasteiger partial charge in [0.05, 0.1) is 71.4 Å². The largest absolute Gasteiger partial charge is 0.476 e. The van der Waals surface area contributed by atoms with Gasteiger partial charge < -0.3 is 40.3 Å². The molecule has 258 valence electrons. The zero-order valence-corrected chi connectivity index (χ0v) is 25.7. The van der Waals surface area contributed by atoms with Gasteiger partial charge in [-0.25, -0.2) is 31.4 Å². The van der Waals surface area contributed by atoms with Crippen molar-refractivity contribution < 1.29 is 61.8 Å². The van der Waals surface area contributed by atoms with E-state index in [1.807, 2.05) is 6.07 Å². The molecule has 0 spiro atoms. The molecule has 1 saturated heterocycles. The third kappa shape index (κ3) is 7.91. The highest BCUT2D eigenvalue weighted by molar-refractivity contribution is 7.89. The van der Waals surface area contributed by atoms with E-state index in [9.17, 15) is 52.3 Å². The average molecular weight is 697 g/mol. The smallest absolute Gasteiger partial charge is 0.377 e. The lowest BCUT2D eigenvalue weighted by molar-refractivity contribution is -0.284. The fraction of sp³-hybridized carbons (Fsp3) is 0.393. The van der Waals surface area contributed by atoms with Crippen LogP contribution in [0.2, 0.25) is 0 Å². The van der Waals surface area contributed by atoms with E-state index in [1.54, 1.807) is 0 Å². The van der Waals surface area contributed by atoms with E-state index < -0.39 is 88.9 Å². The first-order chi connectivity index (χ1) is 22.6. The number of hydrogen-bond donors (Lipinski definition) is 7. The minimum atomic E-state index is -4.01. The summed E-state index contributed by atoms with van der Waals surface area (Å²) in [4.78, 5) is 24.1. The Morgan fingerprint density at radius 2 is 1.92 bits per heavy atom. The molecule has 7 N–H and O–H groups in total. The van der Waals surface area contributed by atoms with Crippen molar-refractivity contribution in [2.45, 2.75) is 67.5 Å². The molecule has 0 bridgehead atoms. The van der Waals surface area contributed by atoms with Gasteiger partial charge in [0, 0.05) is 6.92 Å². The number of alkyl halides is 2. The van der Waals surface area contributed by atoms with E-state index in [1.165, 1.54) is 36.5 Å². The molecule has 1 aliphatic rings. The first kappa shape index (κ1) is 36.2. The predicted molar refractivity (Wildman–Crippen MR) is 155 cm³/mol. The van der Waals surface area contributed by atoms with Crippen molar-refractivity contribution in [2.24, 2.45) is 0 Å². The number of carboxylic acids is 1. The zero-order valence-electron chi connectivity index (χ0n) is 24.8. The molecule has 3 aromatic rings. The van der Waals surface area contributed by atoms with Gasteiger partial charge in [-0.05, 0) is 42.5 Å². The lowest BCUT2D eigenvalue weighted by Crippen LogP contribution is -2.68. The number of benzene rings is 2. The molecular formula is C28H30F2N6O11S. The van der Waals surface area contributed by atoms with E-state index in [4.69, 9.17) is 14.7 Å². The topological polar surface area (TPSA) is 266 Å². The number of hydrogen-bond acceptors (Lipinski definition) is 13. The Labute approximate surface area is 271 Å². The number of nitriles is 1. The van der Waals surface area contributed by atoms with Gasteiger partial charge >= 0.3 is 11.8 Å². The maximum Gasteiger partial charge on any atom is 0.377 e. The van der Waals surface area contributed by atoms with Crippen LogP contribution in [0.4, 0.5) is 8.78 Å². The van der Waals surface area contributed by atoms with E-state index in [0.717, 1.165) is 23.7 Å². The van der Waals surface area contributed by atoms with Crippen LogP contribution in [-0.2, 0) is 30.9 Å². The third-order valence-electron chi connectivity index (χ3n) is 7.23. The normalized spacial score (nSPS) is 22.4. The number of aliphatic carboxylic acids is 1. The molecule has 0 radical (unpaired) electrons. The summed E-state index contributed by atoms with van der Waals surface area (Å²) in [5, 5.41) is 69.5. The fourth-order valence-electron chi connectivity index (χ4n) is 4.82. The van der Waals surface area contributed by atoms with Crippen molar-refractivity contribution in [1.29, 1.82) is 5.26 Å². The molecule has 1 fully saturated rings. The number of aliphatic hydroxyl groups excluding tert-OH is 4. The summed E-state index contributed by atoms with van der Waals surface area (Å²) >= 11 is 0. The van der Waals surface area contributed by atoms with Crippen molar-refractivity contribution in [2.75, 3.05) is 6.61 Å². The van der Waals surface area contributed by atoms with Crippen LogP contribution in [0.3, 0.4) is 0 Å².